The van der Waals surface area contributed by atoms with Crippen molar-refractivity contribution >= 4 is 27.0 Å². The lowest BCUT2D eigenvalue weighted by molar-refractivity contribution is 0.255. The fourth-order valence-electron chi connectivity index (χ4n) is 4.54. The molecule has 1 fully saturated rings. The fourth-order valence-corrected chi connectivity index (χ4v) is 5.77. The first-order chi connectivity index (χ1) is 10.6. The van der Waals surface area contributed by atoms with E-state index in [0.29, 0.717) is 0 Å². The summed E-state index contributed by atoms with van der Waals surface area (Å²) in [5, 5.41) is 0.781. The zero-order valence-electron chi connectivity index (χ0n) is 13.2. The Bertz CT molecular complexity index is 745. The monoisotopic (exact) mass is 315 g/mol. The van der Waals surface area contributed by atoms with Crippen molar-refractivity contribution in [2.24, 2.45) is 11.3 Å². The third kappa shape index (κ3) is 2.22. The van der Waals surface area contributed by atoms with Gasteiger partial charge in [0.1, 0.15) is 5.82 Å². The number of hydrogen-bond acceptors (Lipinski definition) is 2. The highest BCUT2D eigenvalue weighted by atomic mass is 32.1. The quantitative estimate of drug-likeness (QED) is 0.755. The van der Waals surface area contributed by atoms with E-state index < -0.39 is 0 Å². The molecule has 22 heavy (non-hydrogen) atoms. The molecule has 2 aliphatic carbocycles. The number of halogens is 1. The molecule has 0 N–H and O–H groups in total. The molecule has 1 saturated carbocycles. The molecular formula is C19H22FNS. The molecule has 0 amide bonds. The van der Waals surface area contributed by atoms with E-state index in [2.05, 4.69) is 31.1 Å². The van der Waals surface area contributed by atoms with E-state index in [1.54, 1.807) is 17.4 Å². The Morgan fingerprint density at radius 1 is 1.36 bits per heavy atom. The Hall–Kier alpha value is -1.19. The van der Waals surface area contributed by atoms with E-state index in [-0.39, 0.29) is 11.2 Å². The standard InChI is InChI=1S/C19H22FNS/c1-21(2)12-19-9-8-13(11-19)6-7-15(19)18-10-14-16(20)4-3-5-17(14)22-18/h3-5,7,10,13H,6,8-9,11-12H2,1-2H3. The van der Waals surface area contributed by atoms with Gasteiger partial charge in [0.05, 0.1) is 0 Å². The van der Waals surface area contributed by atoms with E-state index in [0.717, 1.165) is 22.5 Å². The van der Waals surface area contributed by atoms with E-state index in [1.165, 1.54) is 36.1 Å². The number of thiophene rings is 1. The van der Waals surface area contributed by atoms with Crippen LogP contribution in [0.4, 0.5) is 4.39 Å². The number of rotatable bonds is 3. The predicted molar refractivity (Wildman–Crippen MR) is 92.7 cm³/mol. The molecule has 1 nitrogen and oxygen atoms in total. The Morgan fingerprint density at radius 2 is 2.23 bits per heavy atom. The lowest BCUT2D eigenvalue weighted by atomic mass is 9.73. The van der Waals surface area contributed by atoms with Crippen molar-refractivity contribution in [1.29, 1.82) is 0 Å². The Balaban J connectivity index is 1.81. The van der Waals surface area contributed by atoms with Crippen LogP contribution in [-0.2, 0) is 0 Å². The molecule has 1 aromatic carbocycles. The van der Waals surface area contributed by atoms with Gasteiger partial charge in [0, 0.05) is 26.9 Å². The lowest BCUT2D eigenvalue weighted by Crippen LogP contribution is -2.34. The number of benzene rings is 1. The van der Waals surface area contributed by atoms with E-state index in [4.69, 9.17) is 0 Å². The Kier molecular flexibility index (Phi) is 3.39. The van der Waals surface area contributed by atoms with Crippen LogP contribution in [0.25, 0.3) is 15.7 Å². The van der Waals surface area contributed by atoms with Gasteiger partial charge in [-0.1, -0.05) is 12.1 Å². The second-order valence-corrected chi connectivity index (χ2v) is 8.33. The van der Waals surface area contributed by atoms with Crippen LogP contribution >= 0.6 is 11.3 Å². The molecule has 3 heteroatoms. The first-order valence-corrected chi connectivity index (χ1v) is 8.93. The maximum absolute atomic E-state index is 14.0. The molecule has 0 saturated heterocycles. The summed E-state index contributed by atoms with van der Waals surface area (Å²) in [7, 11) is 4.33. The van der Waals surface area contributed by atoms with Crippen molar-refractivity contribution in [3.63, 3.8) is 0 Å². The second-order valence-electron chi connectivity index (χ2n) is 7.24. The second kappa shape index (κ2) is 5.17. The minimum absolute atomic E-state index is 0.0950. The molecule has 2 aliphatic rings. The van der Waals surface area contributed by atoms with Crippen LogP contribution < -0.4 is 0 Å². The number of nitrogens with zero attached hydrogens (tertiary/aromatic N) is 1. The van der Waals surface area contributed by atoms with Crippen LogP contribution in [-0.4, -0.2) is 25.5 Å². The van der Waals surface area contributed by atoms with Crippen LogP contribution in [0.3, 0.4) is 0 Å². The summed E-state index contributed by atoms with van der Waals surface area (Å²) < 4.78 is 15.1. The lowest BCUT2D eigenvalue weighted by Gasteiger charge is -2.37. The Morgan fingerprint density at radius 3 is 3.00 bits per heavy atom. The van der Waals surface area contributed by atoms with Crippen LogP contribution in [0.5, 0.6) is 0 Å². The van der Waals surface area contributed by atoms with Crippen molar-refractivity contribution < 1.29 is 4.39 Å². The summed E-state index contributed by atoms with van der Waals surface area (Å²) in [6, 6.07) is 7.49. The first-order valence-electron chi connectivity index (χ1n) is 8.11. The average molecular weight is 315 g/mol. The van der Waals surface area contributed by atoms with Gasteiger partial charge >= 0.3 is 0 Å². The van der Waals surface area contributed by atoms with Crippen molar-refractivity contribution in [2.75, 3.05) is 20.6 Å². The van der Waals surface area contributed by atoms with Crippen LogP contribution in [0, 0.1) is 17.2 Å². The molecule has 116 valence electrons. The molecule has 2 aromatic rings. The van der Waals surface area contributed by atoms with Gasteiger partial charge in [-0.2, -0.15) is 0 Å². The topological polar surface area (TPSA) is 3.24 Å². The van der Waals surface area contributed by atoms with Crippen molar-refractivity contribution in [3.8, 4) is 0 Å². The van der Waals surface area contributed by atoms with Gasteiger partial charge in [0.15, 0.2) is 0 Å². The van der Waals surface area contributed by atoms with Crippen molar-refractivity contribution in [3.05, 3.63) is 41.0 Å². The average Bonchev–Trinajstić information content (AvgIpc) is 3.02. The summed E-state index contributed by atoms with van der Waals surface area (Å²) in [6.45, 7) is 1.10. The molecule has 1 aromatic heterocycles. The SMILES string of the molecule is CN(C)CC12CCC(CC=C1c1cc3c(F)cccc3s1)C2. The fraction of sp³-hybridized carbons (Fsp3) is 0.474. The molecule has 4 rings (SSSR count). The largest absolute Gasteiger partial charge is 0.309 e. The maximum Gasteiger partial charge on any atom is 0.131 e. The summed E-state index contributed by atoms with van der Waals surface area (Å²) in [6.07, 6.45) is 7.56. The summed E-state index contributed by atoms with van der Waals surface area (Å²) >= 11 is 1.75. The molecule has 0 radical (unpaired) electrons. The molecule has 0 spiro atoms. The van der Waals surface area contributed by atoms with Gasteiger partial charge in [0.2, 0.25) is 0 Å². The minimum atomic E-state index is -0.0950. The zero-order valence-corrected chi connectivity index (χ0v) is 14.0. The summed E-state index contributed by atoms with van der Waals surface area (Å²) in [5.74, 6) is 0.761. The predicted octanol–water partition coefficient (Wildman–Crippen LogP) is 5.18. The van der Waals surface area contributed by atoms with Gasteiger partial charge in [-0.3, -0.25) is 0 Å². The molecule has 2 atom stereocenters. The summed E-state index contributed by atoms with van der Waals surface area (Å²) in [4.78, 5) is 3.59. The van der Waals surface area contributed by atoms with Crippen LogP contribution in [0.2, 0.25) is 0 Å². The number of allylic oxidation sites excluding steroid dienone is 1. The van der Waals surface area contributed by atoms with E-state index in [9.17, 15) is 4.39 Å². The van der Waals surface area contributed by atoms with E-state index in [1.807, 2.05) is 12.1 Å². The van der Waals surface area contributed by atoms with Crippen LogP contribution in [0.15, 0.2) is 30.3 Å². The maximum atomic E-state index is 14.0. The highest BCUT2D eigenvalue weighted by Crippen LogP contribution is 2.56. The molecular weight excluding hydrogens is 293 g/mol. The molecule has 0 aliphatic heterocycles. The molecule has 1 heterocycles. The number of fused-ring (bicyclic) bond motifs is 3. The number of hydrogen-bond donors (Lipinski definition) is 0. The Labute approximate surface area is 135 Å². The summed E-state index contributed by atoms with van der Waals surface area (Å²) in [5.41, 5.74) is 1.76. The highest BCUT2D eigenvalue weighted by molar-refractivity contribution is 7.20. The third-order valence-electron chi connectivity index (χ3n) is 5.33. The highest BCUT2D eigenvalue weighted by Gasteiger charge is 2.45. The van der Waals surface area contributed by atoms with Gasteiger partial charge in [-0.25, -0.2) is 4.39 Å². The van der Waals surface area contributed by atoms with Crippen molar-refractivity contribution in [1.82, 2.24) is 4.90 Å². The van der Waals surface area contributed by atoms with Gasteiger partial charge in [0.25, 0.3) is 0 Å². The minimum Gasteiger partial charge on any atom is -0.309 e. The van der Waals surface area contributed by atoms with Gasteiger partial charge < -0.3 is 4.90 Å². The van der Waals surface area contributed by atoms with Gasteiger partial charge in [-0.05, 0) is 69.5 Å². The van der Waals surface area contributed by atoms with Gasteiger partial charge in [-0.15, -0.1) is 11.3 Å². The van der Waals surface area contributed by atoms with Crippen molar-refractivity contribution in [2.45, 2.75) is 25.7 Å². The van der Waals surface area contributed by atoms with Crippen LogP contribution in [0.1, 0.15) is 30.6 Å². The first kappa shape index (κ1) is 14.4. The molecule has 2 unspecified atom stereocenters. The zero-order chi connectivity index (χ0) is 15.3. The third-order valence-corrected chi connectivity index (χ3v) is 6.46. The van der Waals surface area contributed by atoms with E-state index >= 15 is 0 Å². The molecule has 2 bridgehead atoms. The smallest absolute Gasteiger partial charge is 0.131 e. The normalized spacial score (nSPS) is 27.6.